The van der Waals surface area contributed by atoms with Gasteiger partial charge in [0.2, 0.25) is 11.8 Å². The number of hydrogen-bond donors (Lipinski definition) is 3. The first kappa shape index (κ1) is 22.9. The molecule has 0 bridgehead atoms. The van der Waals surface area contributed by atoms with Gasteiger partial charge in [0.15, 0.2) is 0 Å². The summed E-state index contributed by atoms with van der Waals surface area (Å²) in [5.74, 6) is -0.275. The quantitative estimate of drug-likeness (QED) is 0.555. The number of primary amides is 1. The van der Waals surface area contributed by atoms with Gasteiger partial charge < -0.3 is 21.1 Å². The molecule has 8 nitrogen and oxygen atoms in total. The molecule has 30 heavy (non-hydrogen) atoms. The normalized spacial score (nSPS) is 10.7. The fraction of sp³-hybridized carbons (Fsp3) is 0.318. The van der Waals surface area contributed by atoms with Crippen LogP contribution < -0.4 is 21.1 Å². The van der Waals surface area contributed by atoms with Crippen LogP contribution in [0.5, 0.6) is 5.75 Å². The molecule has 0 aromatic heterocycles. The molecule has 0 saturated heterocycles. The van der Waals surface area contributed by atoms with E-state index >= 15 is 0 Å². The molecule has 160 valence electrons. The standard InChI is InChI=1S/C22H28N4O4/c1-4-30-19-11-9-18(10-12-19)25-22(29)16-5-7-17(8-6-16)24-21(28)14-26(15(2)3)13-20(23)27/h5-12,15H,4,13-14H2,1-3H3,(H2,23,27)(H,24,28)(H,25,29). The monoisotopic (exact) mass is 412 g/mol. The summed E-state index contributed by atoms with van der Waals surface area (Å²) >= 11 is 0. The zero-order valence-electron chi connectivity index (χ0n) is 17.5. The summed E-state index contributed by atoms with van der Waals surface area (Å²) in [6.07, 6.45) is 0. The van der Waals surface area contributed by atoms with Gasteiger partial charge in [0, 0.05) is 23.0 Å². The summed E-state index contributed by atoms with van der Waals surface area (Å²) in [5.41, 5.74) is 6.89. The van der Waals surface area contributed by atoms with E-state index in [9.17, 15) is 14.4 Å². The maximum absolute atomic E-state index is 12.4. The zero-order chi connectivity index (χ0) is 22.1. The van der Waals surface area contributed by atoms with Crippen molar-refractivity contribution >= 4 is 29.1 Å². The minimum absolute atomic E-state index is 0.00285. The van der Waals surface area contributed by atoms with Crippen LogP contribution in [0.3, 0.4) is 0 Å². The average Bonchev–Trinajstić information content (AvgIpc) is 2.69. The van der Waals surface area contributed by atoms with Crippen LogP contribution in [-0.2, 0) is 9.59 Å². The second-order valence-electron chi connectivity index (χ2n) is 7.00. The first-order chi connectivity index (χ1) is 14.3. The molecule has 0 spiro atoms. The van der Waals surface area contributed by atoms with Crippen LogP contribution in [0.15, 0.2) is 48.5 Å². The predicted octanol–water partition coefficient (Wildman–Crippen LogP) is 2.47. The number of hydrogen-bond acceptors (Lipinski definition) is 5. The van der Waals surface area contributed by atoms with Gasteiger partial charge in [-0.2, -0.15) is 0 Å². The van der Waals surface area contributed by atoms with Crippen molar-refractivity contribution in [3.05, 3.63) is 54.1 Å². The number of rotatable bonds is 10. The van der Waals surface area contributed by atoms with Crippen LogP contribution >= 0.6 is 0 Å². The number of amides is 3. The molecule has 0 heterocycles. The van der Waals surface area contributed by atoms with Crippen molar-refractivity contribution < 1.29 is 19.1 Å². The Morgan fingerprint density at radius 2 is 1.50 bits per heavy atom. The Morgan fingerprint density at radius 3 is 2.03 bits per heavy atom. The van der Waals surface area contributed by atoms with E-state index < -0.39 is 5.91 Å². The van der Waals surface area contributed by atoms with Crippen molar-refractivity contribution in [2.45, 2.75) is 26.8 Å². The third kappa shape index (κ3) is 7.21. The minimum atomic E-state index is -0.487. The minimum Gasteiger partial charge on any atom is -0.494 e. The van der Waals surface area contributed by atoms with Crippen molar-refractivity contribution in [1.29, 1.82) is 0 Å². The zero-order valence-corrected chi connectivity index (χ0v) is 17.5. The number of carbonyl (C=O) groups is 3. The first-order valence-corrected chi connectivity index (χ1v) is 9.75. The molecule has 0 atom stereocenters. The Kier molecular flexibility index (Phi) is 8.37. The fourth-order valence-corrected chi connectivity index (χ4v) is 2.72. The molecule has 2 aromatic carbocycles. The summed E-state index contributed by atoms with van der Waals surface area (Å²) in [6.45, 7) is 6.30. The highest BCUT2D eigenvalue weighted by atomic mass is 16.5. The number of anilines is 2. The summed E-state index contributed by atoms with van der Waals surface area (Å²) in [5, 5.41) is 5.57. The van der Waals surface area contributed by atoms with Crippen LogP contribution in [0.2, 0.25) is 0 Å². The molecular formula is C22H28N4O4. The molecular weight excluding hydrogens is 384 g/mol. The van der Waals surface area contributed by atoms with Crippen molar-refractivity contribution in [3.8, 4) is 5.75 Å². The molecule has 3 amide bonds. The Hall–Kier alpha value is -3.39. The van der Waals surface area contributed by atoms with E-state index in [0.717, 1.165) is 5.75 Å². The molecule has 4 N–H and O–H groups in total. The highest BCUT2D eigenvalue weighted by Gasteiger charge is 2.16. The maximum atomic E-state index is 12.4. The Balaban J connectivity index is 1.92. The second-order valence-corrected chi connectivity index (χ2v) is 7.00. The van der Waals surface area contributed by atoms with Gasteiger partial charge in [-0.15, -0.1) is 0 Å². The Bertz CT molecular complexity index is 864. The molecule has 2 rings (SSSR count). The number of ether oxygens (including phenoxy) is 1. The van der Waals surface area contributed by atoms with Gasteiger partial charge in [-0.05, 0) is 69.3 Å². The highest BCUT2D eigenvalue weighted by molar-refractivity contribution is 6.04. The average molecular weight is 412 g/mol. The van der Waals surface area contributed by atoms with E-state index in [2.05, 4.69) is 10.6 Å². The van der Waals surface area contributed by atoms with Crippen LogP contribution in [0.25, 0.3) is 0 Å². The molecule has 0 aliphatic heterocycles. The summed E-state index contributed by atoms with van der Waals surface area (Å²) < 4.78 is 5.38. The van der Waals surface area contributed by atoms with Crippen LogP contribution in [-0.4, -0.2) is 48.4 Å². The van der Waals surface area contributed by atoms with E-state index in [-0.39, 0.29) is 30.9 Å². The summed E-state index contributed by atoms with van der Waals surface area (Å²) in [6, 6.07) is 13.7. The number of benzene rings is 2. The predicted molar refractivity (Wildman–Crippen MR) is 117 cm³/mol. The van der Waals surface area contributed by atoms with Gasteiger partial charge >= 0.3 is 0 Å². The summed E-state index contributed by atoms with van der Waals surface area (Å²) in [7, 11) is 0. The van der Waals surface area contributed by atoms with Gasteiger partial charge in [0.1, 0.15) is 5.75 Å². The summed E-state index contributed by atoms with van der Waals surface area (Å²) in [4.78, 5) is 37.5. The highest BCUT2D eigenvalue weighted by Crippen LogP contribution is 2.17. The third-order valence-electron chi connectivity index (χ3n) is 4.29. The Morgan fingerprint density at radius 1 is 0.933 bits per heavy atom. The number of carbonyl (C=O) groups excluding carboxylic acids is 3. The van der Waals surface area contributed by atoms with Gasteiger partial charge in [-0.3, -0.25) is 19.3 Å². The number of nitrogens with zero attached hydrogens (tertiary/aromatic N) is 1. The second kappa shape index (κ2) is 11.0. The van der Waals surface area contributed by atoms with E-state index in [4.69, 9.17) is 10.5 Å². The van der Waals surface area contributed by atoms with Crippen molar-refractivity contribution in [2.24, 2.45) is 5.73 Å². The van der Waals surface area contributed by atoms with Crippen molar-refractivity contribution in [2.75, 3.05) is 30.3 Å². The number of nitrogens with two attached hydrogens (primary N) is 1. The van der Waals surface area contributed by atoms with E-state index in [0.29, 0.717) is 23.5 Å². The van der Waals surface area contributed by atoms with Crippen LogP contribution in [0, 0.1) is 0 Å². The fourth-order valence-electron chi connectivity index (χ4n) is 2.72. The lowest BCUT2D eigenvalue weighted by atomic mass is 10.2. The molecule has 0 aliphatic rings. The molecule has 0 unspecified atom stereocenters. The molecule has 2 aromatic rings. The lowest BCUT2D eigenvalue weighted by Crippen LogP contribution is -2.43. The topological polar surface area (TPSA) is 114 Å². The van der Waals surface area contributed by atoms with Crippen molar-refractivity contribution in [1.82, 2.24) is 4.90 Å². The van der Waals surface area contributed by atoms with Gasteiger partial charge in [-0.25, -0.2) is 0 Å². The van der Waals surface area contributed by atoms with E-state index in [1.54, 1.807) is 53.4 Å². The van der Waals surface area contributed by atoms with Crippen molar-refractivity contribution in [3.63, 3.8) is 0 Å². The van der Waals surface area contributed by atoms with Crippen LogP contribution in [0.1, 0.15) is 31.1 Å². The smallest absolute Gasteiger partial charge is 0.255 e. The first-order valence-electron chi connectivity index (χ1n) is 9.75. The molecule has 0 radical (unpaired) electrons. The molecule has 0 fully saturated rings. The molecule has 8 heteroatoms. The largest absolute Gasteiger partial charge is 0.494 e. The SMILES string of the molecule is CCOc1ccc(NC(=O)c2ccc(NC(=O)CN(CC(N)=O)C(C)C)cc2)cc1. The van der Waals surface area contributed by atoms with Gasteiger partial charge in [0.05, 0.1) is 19.7 Å². The number of nitrogens with one attached hydrogen (secondary N) is 2. The van der Waals surface area contributed by atoms with Crippen LogP contribution in [0.4, 0.5) is 11.4 Å². The third-order valence-corrected chi connectivity index (χ3v) is 4.29. The molecule has 0 saturated carbocycles. The lowest BCUT2D eigenvalue weighted by molar-refractivity contribution is -0.121. The maximum Gasteiger partial charge on any atom is 0.255 e. The molecule has 0 aliphatic carbocycles. The Labute approximate surface area is 176 Å². The lowest BCUT2D eigenvalue weighted by Gasteiger charge is -2.24. The van der Waals surface area contributed by atoms with Gasteiger partial charge in [-0.1, -0.05) is 0 Å². The van der Waals surface area contributed by atoms with Gasteiger partial charge in [0.25, 0.3) is 5.91 Å². The van der Waals surface area contributed by atoms with E-state index in [1.165, 1.54) is 0 Å². The van der Waals surface area contributed by atoms with E-state index in [1.807, 2.05) is 20.8 Å².